The predicted octanol–water partition coefficient (Wildman–Crippen LogP) is 3.29. The molecule has 0 aliphatic carbocycles. The maximum absolute atomic E-state index is 12.5. The third-order valence-corrected chi connectivity index (χ3v) is 5.19. The van der Waals surface area contributed by atoms with Gasteiger partial charge in [0, 0.05) is 56.3 Å². The van der Waals surface area contributed by atoms with E-state index in [0.717, 1.165) is 45.0 Å². The lowest BCUT2D eigenvalue weighted by molar-refractivity contribution is -0.129. The van der Waals surface area contributed by atoms with Crippen LogP contribution in [0.1, 0.15) is 13.8 Å². The summed E-state index contributed by atoms with van der Waals surface area (Å²) in [5.74, 6) is 0.163. The third-order valence-electron chi connectivity index (χ3n) is 5.19. The van der Waals surface area contributed by atoms with E-state index in [1.54, 1.807) is 0 Å². The first-order valence-electron chi connectivity index (χ1n) is 9.88. The smallest absolute Gasteiger partial charge is 0.241 e. The third kappa shape index (κ3) is 4.94. The van der Waals surface area contributed by atoms with Gasteiger partial charge in [-0.15, -0.1) is 0 Å². The van der Waals surface area contributed by atoms with Crippen LogP contribution in [0.4, 0.5) is 17.1 Å². The molecule has 5 nitrogen and oxygen atoms in total. The van der Waals surface area contributed by atoms with Crippen LogP contribution in [-0.2, 0) is 4.79 Å². The van der Waals surface area contributed by atoms with Crippen LogP contribution < -0.4 is 15.1 Å². The molecule has 1 aliphatic heterocycles. The molecular formula is C22H30N4O. The highest BCUT2D eigenvalue weighted by atomic mass is 16.2. The Morgan fingerprint density at radius 2 is 1.56 bits per heavy atom. The van der Waals surface area contributed by atoms with Crippen molar-refractivity contribution in [3.05, 3.63) is 54.6 Å². The molecule has 1 fully saturated rings. The summed E-state index contributed by atoms with van der Waals surface area (Å²) in [6, 6.07) is 18.7. The lowest BCUT2D eigenvalue weighted by Crippen LogP contribution is -2.50. The second-order valence-electron chi connectivity index (χ2n) is 6.78. The van der Waals surface area contributed by atoms with E-state index in [-0.39, 0.29) is 5.91 Å². The fraction of sp³-hybridized carbons (Fsp3) is 0.409. The first-order chi connectivity index (χ1) is 13.2. The Kier molecular flexibility index (Phi) is 6.58. The van der Waals surface area contributed by atoms with E-state index in [0.29, 0.717) is 6.54 Å². The first-order valence-corrected chi connectivity index (χ1v) is 9.88. The first kappa shape index (κ1) is 19.1. The molecular weight excluding hydrogens is 336 g/mol. The van der Waals surface area contributed by atoms with Crippen molar-refractivity contribution >= 4 is 23.0 Å². The predicted molar refractivity (Wildman–Crippen MR) is 114 cm³/mol. The molecule has 0 bridgehead atoms. The zero-order chi connectivity index (χ0) is 19.1. The number of carbonyl (C=O) groups is 1. The molecule has 5 heteroatoms. The van der Waals surface area contributed by atoms with Crippen LogP contribution in [0.3, 0.4) is 0 Å². The molecule has 2 aromatic carbocycles. The van der Waals surface area contributed by atoms with Gasteiger partial charge in [-0.05, 0) is 50.2 Å². The van der Waals surface area contributed by atoms with Crippen LogP contribution in [0.5, 0.6) is 0 Å². The summed E-state index contributed by atoms with van der Waals surface area (Å²) in [6.07, 6.45) is 0. The lowest BCUT2D eigenvalue weighted by Gasteiger charge is -2.36. The zero-order valence-corrected chi connectivity index (χ0v) is 16.4. The molecule has 0 saturated carbocycles. The molecule has 1 N–H and O–H groups in total. The monoisotopic (exact) mass is 366 g/mol. The van der Waals surface area contributed by atoms with E-state index in [2.05, 4.69) is 65.4 Å². The second kappa shape index (κ2) is 9.31. The van der Waals surface area contributed by atoms with Gasteiger partial charge in [-0.1, -0.05) is 18.2 Å². The minimum absolute atomic E-state index is 0.163. The number of hydrogen-bond acceptors (Lipinski definition) is 4. The quantitative estimate of drug-likeness (QED) is 0.816. The maximum Gasteiger partial charge on any atom is 0.241 e. The van der Waals surface area contributed by atoms with Gasteiger partial charge in [-0.25, -0.2) is 0 Å². The second-order valence-corrected chi connectivity index (χ2v) is 6.78. The minimum Gasteiger partial charge on any atom is -0.376 e. The van der Waals surface area contributed by atoms with Gasteiger partial charge in [-0.3, -0.25) is 4.79 Å². The number of nitrogens with one attached hydrogen (secondary N) is 1. The maximum atomic E-state index is 12.5. The summed E-state index contributed by atoms with van der Waals surface area (Å²) < 4.78 is 0. The number of carbonyl (C=O) groups excluding carboxylic acids is 1. The van der Waals surface area contributed by atoms with Gasteiger partial charge in [0.2, 0.25) is 5.91 Å². The van der Waals surface area contributed by atoms with E-state index >= 15 is 0 Å². The van der Waals surface area contributed by atoms with Gasteiger partial charge in [-0.2, -0.15) is 0 Å². The molecule has 0 radical (unpaired) electrons. The van der Waals surface area contributed by atoms with Gasteiger partial charge in [0.15, 0.2) is 0 Å². The molecule has 1 saturated heterocycles. The van der Waals surface area contributed by atoms with Crippen LogP contribution in [-0.4, -0.2) is 56.6 Å². The van der Waals surface area contributed by atoms with E-state index in [4.69, 9.17) is 0 Å². The molecule has 27 heavy (non-hydrogen) atoms. The average molecular weight is 367 g/mol. The number of rotatable bonds is 7. The molecule has 1 heterocycles. The van der Waals surface area contributed by atoms with Crippen molar-refractivity contribution in [3.8, 4) is 0 Å². The van der Waals surface area contributed by atoms with Crippen molar-refractivity contribution < 1.29 is 4.79 Å². The Bertz CT molecular complexity index is 705. The largest absolute Gasteiger partial charge is 0.376 e. The number of para-hydroxylation sites is 1. The van der Waals surface area contributed by atoms with E-state index in [9.17, 15) is 4.79 Å². The molecule has 1 amide bonds. The summed E-state index contributed by atoms with van der Waals surface area (Å²) in [4.78, 5) is 19.1. The molecule has 0 spiro atoms. The Labute approximate surface area is 162 Å². The number of benzene rings is 2. The van der Waals surface area contributed by atoms with Crippen LogP contribution in [0.15, 0.2) is 54.6 Å². The number of nitrogens with zero attached hydrogens (tertiary/aromatic N) is 3. The van der Waals surface area contributed by atoms with Crippen LogP contribution in [0.2, 0.25) is 0 Å². The van der Waals surface area contributed by atoms with Gasteiger partial charge in [0.25, 0.3) is 0 Å². The molecule has 0 atom stereocenters. The highest BCUT2D eigenvalue weighted by Crippen LogP contribution is 2.18. The minimum atomic E-state index is 0.163. The molecule has 144 valence electrons. The SMILES string of the molecule is CCN(CC)c1ccc(NCC(=O)N2CCN(c3ccccc3)CC2)cc1. The topological polar surface area (TPSA) is 38.8 Å². The van der Waals surface area contributed by atoms with E-state index < -0.39 is 0 Å². The molecule has 2 aromatic rings. The van der Waals surface area contributed by atoms with Crippen molar-refractivity contribution in [2.75, 3.05) is 60.9 Å². The van der Waals surface area contributed by atoms with Crippen LogP contribution >= 0.6 is 0 Å². The summed E-state index contributed by atoms with van der Waals surface area (Å²) in [6.45, 7) is 9.97. The fourth-order valence-corrected chi connectivity index (χ4v) is 3.52. The van der Waals surface area contributed by atoms with Crippen LogP contribution in [0, 0.1) is 0 Å². The standard InChI is InChI=1S/C22H30N4O/c1-3-24(4-2)21-12-10-19(11-13-21)23-18-22(27)26-16-14-25(15-17-26)20-8-6-5-7-9-20/h5-13,23H,3-4,14-18H2,1-2H3. The summed E-state index contributed by atoms with van der Waals surface area (Å²) in [5.41, 5.74) is 3.44. The number of amides is 1. The zero-order valence-electron chi connectivity index (χ0n) is 16.4. The van der Waals surface area contributed by atoms with E-state index in [1.807, 2.05) is 23.1 Å². The lowest BCUT2D eigenvalue weighted by atomic mass is 10.2. The van der Waals surface area contributed by atoms with Gasteiger partial charge >= 0.3 is 0 Å². The van der Waals surface area contributed by atoms with Crippen molar-refractivity contribution in [2.45, 2.75) is 13.8 Å². The summed E-state index contributed by atoms with van der Waals surface area (Å²) in [5, 5.41) is 3.26. The molecule has 0 aromatic heterocycles. The normalized spacial score (nSPS) is 14.1. The number of hydrogen-bond donors (Lipinski definition) is 1. The average Bonchev–Trinajstić information content (AvgIpc) is 2.74. The van der Waals surface area contributed by atoms with Crippen molar-refractivity contribution in [1.82, 2.24) is 4.90 Å². The Morgan fingerprint density at radius 1 is 0.926 bits per heavy atom. The summed E-state index contributed by atoms with van der Waals surface area (Å²) in [7, 11) is 0. The van der Waals surface area contributed by atoms with Crippen molar-refractivity contribution in [3.63, 3.8) is 0 Å². The Balaban J connectivity index is 1.46. The Hall–Kier alpha value is -2.69. The molecule has 0 unspecified atom stereocenters. The van der Waals surface area contributed by atoms with E-state index in [1.165, 1.54) is 11.4 Å². The highest BCUT2D eigenvalue weighted by molar-refractivity contribution is 5.81. The van der Waals surface area contributed by atoms with Crippen LogP contribution in [0.25, 0.3) is 0 Å². The fourth-order valence-electron chi connectivity index (χ4n) is 3.52. The van der Waals surface area contributed by atoms with Crippen molar-refractivity contribution in [1.29, 1.82) is 0 Å². The van der Waals surface area contributed by atoms with Crippen molar-refractivity contribution in [2.24, 2.45) is 0 Å². The molecule has 3 rings (SSSR count). The highest BCUT2D eigenvalue weighted by Gasteiger charge is 2.20. The molecule has 1 aliphatic rings. The summed E-state index contributed by atoms with van der Waals surface area (Å²) >= 11 is 0. The van der Waals surface area contributed by atoms with Gasteiger partial charge in [0.05, 0.1) is 6.54 Å². The Morgan fingerprint density at radius 3 is 2.15 bits per heavy atom. The number of piperazine rings is 1. The number of anilines is 3. The van der Waals surface area contributed by atoms with Gasteiger partial charge < -0.3 is 20.0 Å². The van der Waals surface area contributed by atoms with Gasteiger partial charge in [0.1, 0.15) is 0 Å².